The minimum atomic E-state index is -0.606. The fraction of sp³-hybridized carbons (Fsp3) is 0.643. The van der Waals surface area contributed by atoms with Gasteiger partial charge in [-0.15, -0.1) is 0 Å². The van der Waals surface area contributed by atoms with Crippen LogP contribution in [0.15, 0.2) is 16.8 Å². The first kappa shape index (κ1) is 14.5. The quantitative estimate of drug-likeness (QED) is 0.770. The highest BCUT2D eigenvalue weighted by Crippen LogP contribution is 2.32. The zero-order chi connectivity index (χ0) is 13.7. The number of carbonyl (C=O) groups excluding carboxylic acids is 1. The summed E-state index contributed by atoms with van der Waals surface area (Å²) in [6, 6.07) is 1.89. The van der Waals surface area contributed by atoms with E-state index in [1.54, 1.807) is 11.3 Å². The van der Waals surface area contributed by atoms with Gasteiger partial charge >= 0.3 is 0 Å². The largest absolute Gasteiger partial charge is 0.387 e. The number of amides is 1. The number of hydrogen-bond donors (Lipinski definition) is 3. The van der Waals surface area contributed by atoms with Crippen LogP contribution in [-0.2, 0) is 4.79 Å². The summed E-state index contributed by atoms with van der Waals surface area (Å²) < 4.78 is 0. The Balaban J connectivity index is 1.89. The van der Waals surface area contributed by atoms with Crippen molar-refractivity contribution in [2.45, 2.75) is 32.3 Å². The van der Waals surface area contributed by atoms with Crippen molar-refractivity contribution >= 4 is 17.2 Å². The van der Waals surface area contributed by atoms with Gasteiger partial charge in [0.15, 0.2) is 0 Å². The van der Waals surface area contributed by atoms with Gasteiger partial charge in [0.25, 0.3) is 0 Å². The number of rotatable bonds is 5. The standard InChI is InChI=1S/C14H22N2O2S/c1-2-14(4-6-15-7-5-14)13(18)16-9-12(17)11-3-8-19-10-11/h3,8,10,12,15,17H,2,4-7,9H2,1H3,(H,16,18). The van der Waals surface area contributed by atoms with E-state index in [9.17, 15) is 9.90 Å². The van der Waals surface area contributed by atoms with Crippen LogP contribution < -0.4 is 10.6 Å². The molecule has 0 saturated carbocycles. The Labute approximate surface area is 118 Å². The molecule has 1 atom stereocenters. The van der Waals surface area contributed by atoms with Crippen molar-refractivity contribution < 1.29 is 9.90 Å². The summed E-state index contributed by atoms with van der Waals surface area (Å²) in [6.07, 6.45) is 2.01. The molecular formula is C14H22N2O2S. The van der Waals surface area contributed by atoms with Gasteiger partial charge in [-0.2, -0.15) is 11.3 Å². The van der Waals surface area contributed by atoms with Crippen molar-refractivity contribution in [3.05, 3.63) is 22.4 Å². The molecular weight excluding hydrogens is 260 g/mol. The second-order valence-electron chi connectivity index (χ2n) is 5.17. The number of aliphatic hydroxyl groups excluding tert-OH is 1. The maximum Gasteiger partial charge on any atom is 0.226 e. The van der Waals surface area contributed by atoms with Gasteiger partial charge in [-0.05, 0) is 54.7 Å². The van der Waals surface area contributed by atoms with Gasteiger partial charge in [0.2, 0.25) is 5.91 Å². The summed E-state index contributed by atoms with van der Waals surface area (Å²) >= 11 is 1.55. The van der Waals surface area contributed by atoms with E-state index in [4.69, 9.17) is 0 Å². The lowest BCUT2D eigenvalue weighted by Crippen LogP contribution is -2.48. The van der Waals surface area contributed by atoms with Crippen LogP contribution >= 0.6 is 11.3 Å². The normalized spacial score (nSPS) is 19.9. The van der Waals surface area contributed by atoms with Gasteiger partial charge < -0.3 is 15.7 Å². The van der Waals surface area contributed by atoms with Crippen molar-refractivity contribution in [3.8, 4) is 0 Å². The summed E-state index contributed by atoms with van der Waals surface area (Å²) in [5, 5.41) is 20.0. The molecule has 1 aromatic rings. The molecule has 1 saturated heterocycles. The van der Waals surface area contributed by atoms with E-state index in [1.165, 1.54) is 0 Å². The van der Waals surface area contributed by atoms with Crippen LogP contribution in [0.3, 0.4) is 0 Å². The second-order valence-corrected chi connectivity index (χ2v) is 5.95. The number of nitrogens with one attached hydrogen (secondary N) is 2. The summed E-state index contributed by atoms with van der Waals surface area (Å²) in [7, 11) is 0. The van der Waals surface area contributed by atoms with Crippen LogP contribution in [0.2, 0.25) is 0 Å². The number of thiophene rings is 1. The molecule has 19 heavy (non-hydrogen) atoms. The molecule has 0 aliphatic carbocycles. The Kier molecular flexibility index (Phi) is 4.96. The second kappa shape index (κ2) is 6.50. The van der Waals surface area contributed by atoms with Crippen molar-refractivity contribution in [3.63, 3.8) is 0 Å². The van der Waals surface area contributed by atoms with E-state index < -0.39 is 6.10 Å². The molecule has 1 unspecified atom stereocenters. The fourth-order valence-electron chi connectivity index (χ4n) is 2.61. The molecule has 1 aliphatic rings. The number of aliphatic hydroxyl groups is 1. The predicted octanol–water partition coefficient (Wildman–Crippen LogP) is 1.68. The Morgan fingerprint density at radius 1 is 1.58 bits per heavy atom. The highest BCUT2D eigenvalue weighted by atomic mass is 32.1. The smallest absolute Gasteiger partial charge is 0.226 e. The lowest BCUT2D eigenvalue weighted by molar-refractivity contribution is -0.133. The van der Waals surface area contributed by atoms with E-state index in [2.05, 4.69) is 17.6 Å². The van der Waals surface area contributed by atoms with Crippen LogP contribution in [-0.4, -0.2) is 30.6 Å². The SMILES string of the molecule is CCC1(C(=O)NCC(O)c2ccsc2)CCNCC1. The van der Waals surface area contributed by atoms with Crippen LogP contribution in [0.4, 0.5) is 0 Å². The van der Waals surface area contributed by atoms with Gasteiger partial charge in [0, 0.05) is 6.54 Å². The minimum Gasteiger partial charge on any atom is -0.387 e. The molecule has 2 rings (SSSR count). The molecule has 0 spiro atoms. The number of piperidine rings is 1. The molecule has 4 nitrogen and oxygen atoms in total. The van der Waals surface area contributed by atoms with E-state index in [0.717, 1.165) is 37.9 Å². The first-order valence-corrected chi connectivity index (χ1v) is 7.81. The molecule has 1 aliphatic heterocycles. The Hall–Kier alpha value is -0.910. The Morgan fingerprint density at radius 3 is 2.89 bits per heavy atom. The maximum absolute atomic E-state index is 12.4. The van der Waals surface area contributed by atoms with Gasteiger partial charge in [0.1, 0.15) is 0 Å². The third kappa shape index (κ3) is 3.35. The van der Waals surface area contributed by atoms with Crippen molar-refractivity contribution in [2.75, 3.05) is 19.6 Å². The molecule has 1 fully saturated rings. The van der Waals surface area contributed by atoms with Crippen molar-refractivity contribution in [2.24, 2.45) is 5.41 Å². The molecule has 3 N–H and O–H groups in total. The topological polar surface area (TPSA) is 61.4 Å². The lowest BCUT2D eigenvalue weighted by atomic mass is 9.76. The van der Waals surface area contributed by atoms with Crippen molar-refractivity contribution in [1.29, 1.82) is 0 Å². The van der Waals surface area contributed by atoms with Crippen LogP contribution in [0, 0.1) is 5.41 Å². The zero-order valence-corrected chi connectivity index (χ0v) is 12.1. The summed E-state index contributed by atoms with van der Waals surface area (Å²) in [6.45, 7) is 4.16. The Bertz CT molecular complexity index is 400. The predicted molar refractivity (Wildman–Crippen MR) is 77.1 cm³/mol. The summed E-state index contributed by atoms with van der Waals surface area (Å²) in [5.41, 5.74) is 0.626. The van der Waals surface area contributed by atoms with Crippen LogP contribution in [0.1, 0.15) is 37.9 Å². The first-order valence-electron chi connectivity index (χ1n) is 6.87. The lowest BCUT2D eigenvalue weighted by Gasteiger charge is -2.35. The first-order chi connectivity index (χ1) is 9.18. The highest BCUT2D eigenvalue weighted by molar-refractivity contribution is 7.07. The number of hydrogen-bond acceptors (Lipinski definition) is 4. The molecule has 106 valence electrons. The molecule has 5 heteroatoms. The average molecular weight is 282 g/mol. The number of carbonyl (C=O) groups is 1. The third-order valence-electron chi connectivity index (χ3n) is 4.10. The maximum atomic E-state index is 12.4. The van der Waals surface area contributed by atoms with E-state index in [0.29, 0.717) is 6.54 Å². The zero-order valence-electron chi connectivity index (χ0n) is 11.3. The third-order valence-corrected chi connectivity index (χ3v) is 4.80. The molecule has 0 radical (unpaired) electrons. The van der Waals surface area contributed by atoms with Crippen LogP contribution in [0.25, 0.3) is 0 Å². The Morgan fingerprint density at radius 2 is 2.32 bits per heavy atom. The van der Waals surface area contributed by atoms with Gasteiger partial charge in [-0.25, -0.2) is 0 Å². The minimum absolute atomic E-state index is 0.0887. The van der Waals surface area contributed by atoms with Gasteiger partial charge in [-0.3, -0.25) is 4.79 Å². The van der Waals surface area contributed by atoms with E-state index >= 15 is 0 Å². The highest BCUT2D eigenvalue weighted by Gasteiger charge is 2.37. The molecule has 0 bridgehead atoms. The molecule has 1 amide bonds. The van der Waals surface area contributed by atoms with Gasteiger partial charge in [-0.1, -0.05) is 6.92 Å². The van der Waals surface area contributed by atoms with E-state index in [-0.39, 0.29) is 11.3 Å². The fourth-order valence-corrected chi connectivity index (χ4v) is 3.31. The van der Waals surface area contributed by atoms with Crippen molar-refractivity contribution in [1.82, 2.24) is 10.6 Å². The molecule has 2 heterocycles. The van der Waals surface area contributed by atoms with E-state index in [1.807, 2.05) is 16.8 Å². The average Bonchev–Trinajstić information content (AvgIpc) is 2.99. The van der Waals surface area contributed by atoms with Crippen LogP contribution in [0.5, 0.6) is 0 Å². The summed E-state index contributed by atoms with van der Waals surface area (Å²) in [4.78, 5) is 12.4. The summed E-state index contributed by atoms with van der Waals surface area (Å²) in [5.74, 6) is 0.0887. The van der Waals surface area contributed by atoms with Gasteiger partial charge in [0.05, 0.1) is 11.5 Å². The molecule has 0 aromatic carbocycles. The molecule has 1 aromatic heterocycles. The monoisotopic (exact) mass is 282 g/mol.